The highest BCUT2D eigenvalue weighted by molar-refractivity contribution is 7.10. The topological polar surface area (TPSA) is 55.1 Å². The summed E-state index contributed by atoms with van der Waals surface area (Å²) < 4.78 is 13.6. The Balaban J connectivity index is 2.16. The number of carbonyl (C=O) groups is 1. The first-order valence-corrected chi connectivity index (χ1v) is 6.32. The molecule has 0 aliphatic rings. The van der Waals surface area contributed by atoms with Crippen LogP contribution in [0.1, 0.15) is 20.8 Å². The highest BCUT2D eigenvalue weighted by atomic mass is 32.1. The first-order valence-electron chi connectivity index (χ1n) is 5.44. The first-order chi connectivity index (χ1) is 8.58. The summed E-state index contributed by atoms with van der Waals surface area (Å²) in [6.45, 7) is 2.53. The van der Waals surface area contributed by atoms with Gasteiger partial charge < -0.3 is 11.1 Å². The lowest BCUT2D eigenvalue weighted by Gasteiger charge is -2.08. The van der Waals surface area contributed by atoms with Crippen molar-refractivity contribution in [2.24, 2.45) is 5.73 Å². The van der Waals surface area contributed by atoms with Gasteiger partial charge in [0, 0.05) is 17.0 Å². The van der Waals surface area contributed by atoms with Crippen LogP contribution in [0, 0.1) is 12.7 Å². The van der Waals surface area contributed by atoms with Crippen molar-refractivity contribution in [2.45, 2.75) is 13.5 Å². The van der Waals surface area contributed by atoms with E-state index >= 15 is 0 Å². The fourth-order valence-corrected chi connectivity index (χ4v) is 2.42. The van der Waals surface area contributed by atoms with Gasteiger partial charge in [0.1, 0.15) is 5.82 Å². The van der Waals surface area contributed by atoms with Gasteiger partial charge in [0.15, 0.2) is 0 Å². The third-order valence-corrected chi connectivity index (χ3v) is 3.68. The first kappa shape index (κ1) is 12.6. The molecule has 0 atom stereocenters. The number of nitrogens with one attached hydrogen (secondary N) is 1. The zero-order chi connectivity index (χ0) is 13.1. The molecule has 0 radical (unpaired) electrons. The zero-order valence-corrected chi connectivity index (χ0v) is 10.7. The highest BCUT2D eigenvalue weighted by Crippen LogP contribution is 2.20. The standard InChI is InChI=1S/C13H13FN2OS/c1-8-4-5-18-12(8)7-16-11-6-9(13(15)17)2-3-10(11)14/h2-6,16H,7H2,1H3,(H2,15,17). The Morgan fingerprint density at radius 3 is 2.83 bits per heavy atom. The fraction of sp³-hybridized carbons (Fsp3) is 0.154. The maximum atomic E-state index is 13.6. The lowest BCUT2D eigenvalue weighted by Crippen LogP contribution is -2.12. The van der Waals surface area contributed by atoms with Crippen LogP contribution >= 0.6 is 11.3 Å². The number of hydrogen-bond acceptors (Lipinski definition) is 3. The fourth-order valence-electron chi connectivity index (χ4n) is 1.57. The molecule has 0 spiro atoms. The van der Waals surface area contributed by atoms with Gasteiger partial charge in [-0.2, -0.15) is 0 Å². The molecule has 0 saturated heterocycles. The van der Waals surface area contributed by atoms with Crippen LogP contribution in [0.15, 0.2) is 29.6 Å². The molecule has 0 aliphatic carbocycles. The van der Waals surface area contributed by atoms with E-state index in [1.165, 1.54) is 23.8 Å². The van der Waals surface area contributed by atoms with Gasteiger partial charge in [-0.05, 0) is 42.1 Å². The Bertz CT molecular complexity index is 580. The summed E-state index contributed by atoms with van der Waals surface area (Å²) >= 11 is 1.61. The van der Waals surface area contributed by atoms with Gasteiger partial charge in [-0.1, -0.05) is 0 Å². The number of nitrogens with two attached hydrogens (primary N) is 1. The average Bonchev–Trinajstić information content (AvgIpc) is 2.73. The quantitative estimate of drug-likeness (QED) is 0.892. The van der Waals surface area contributed by atoms with Gasteiger partial charge in [0.25, 0.3) is 0 Å². The van der Waals surface area contributed by atoms with Gasteiger partial charge in [-0.25, -0.2) is 4.39 Å². The van der Waals surface area contributed by atoms with Crippen LogP contribution in [0.5, 0.6) is 0 Å². The zero-order valence-electron chi connectivity index (χ0n) is 9.87. The molecule has 0 fully saturated rings. The van der Waals surface area contributed by atoms with E-state index < -0.39 is 11.7 Å². The molecule has 1 amide bonds. The molecule has 94 valence electrons. The second-order valence-electron chi connectivity index (χ2n) is 3.94. The number of benzene rings is 1. The van der Waals surface area contributed by atoms with E-state index in [0.29, 0.717) is 17.8 Å². The second kappa shape index (κ2) is 5.18. The van der Waals surface area contributed by atoms with Crippen LogP contribution in [0.25, 0.3) is 0 Å². The summed E-state index contributed by atoms with van der Waals surface area (Å²) in [6, 6.07) is 6.06. The molecule has 3 nitrogen and oxygen atoms in total. The van der Waals surface area contributed by atoms with Crippen LogP contribution in [0.2, 0.25) is 0 Å². The van der Waals surface area contributed by atoms with Gasteiger partial charge in [-0.15, -0.1) is 11.3 Å². The Kier molecular flexibility index (Phi) is 3.62. The van der Waals surface area contributed by atoms with E-state index in [0.717, 1.165) is 4.88 Å². The maximum absolute atomic E-state index is 13.6. The van der Waals surface area contributed by atoms with Crippen LogP contribution in [0.3, 0.4) is 0 Å². The van der Waals surface area contributed by atoms with Crippen molar-refractivity contribution in [3.8, 4) is 0 Å². The van der Waals surface area contributed by atoms with Gasteiger partial charge >= 0.3 is 0 Å². The second-order valence-corrected chi connectivity index (χ2v) is 4.94. The van der Waals surface area contributed by atoms with E-state index in [-0.39, 0.29) is 0 Å². The third-order valence-electron chi connectivity index (χ3n) is 2.66. The predicted molar refractivity (Wildman–Crippen MR) is 71.3 cm³/mol. The number of aryl methyl sites for hydroxylation is 1. The molecular formula is C13H13FN2OS. The Morgan fingerprint density at radius 1 is 1.44 bits per heavy atom. The normalized spacial score (nSPS) is 10.3. The Morgan fingerprint density at radius 2 is 2.22 bits per heavy atom. The molecule has 2 aromatic rings. The van der Waals surface area contributed by atoms with Crippen LogP contribution in [0.4, 0.5) is 10.1 Å². The summed E-state index contributed by atoms with van der Waals surface area (Å²) in [4.78, 5) is 12.2. The summed E-state index contributed by atoms with van der Waals surface area (Å²) in [7, 11) is 0. The number of thiophene rings is 1. The number of primary amides is 1. The number of carbonyl (C=O) groups excluding carboxylic acids is 1. The summed E-state index contributed by atoms with van der Waals surface area (Å²) in [5, 5.41) is 4.97. The van der Waals surface area contributed by atoms with E-state index in [9.17, 15) is 9.18 Å². The molecule has 0 bridgehead atoms. The molecule has 0 unspecified atom stereocenters. The van der Waals surface area contributed by atoms with Crippen molar-refractivity contribution in [3.05, 3.63) is 51.5 Å². The van der Waals surface area contributed by atoms with Gasteiger partial charge in [0.05, 0.1) is 5.69 Å². The SMILES string of the molecule is Cc1ccsc1CNc1cc(C(N)=O)ccc1F. The monoisotopic (exact) mass is 264 g/mol. The summed E-state index contributed by atoms with van der Waals surface area (Å²) in [5.41, 5.74) is 6.91. The van der Waals surface area contributed by atoms with Crippen molar-refractivity contribution in [2.75, 3.05) is 5.32 Å². The molecular weight excluding hydrogens is 251 g/mol. The molecule has 3 N–H and O–H groups in total. The minimum Gasteiger partial charge on any atom is -0.378 e. The third kappa shape index (κ3) is 2.68. The van der Waals surface area contributed by atoms with Gasteiger partial charge in [0.2, 0.25) is 5.91 Å². The minimum atomic E-state index is -0.564. The molecule has 1 aromatic heterocycles. The molecule has 2 rings (SSSR count). The van der Waals surface area contributed by atoms with Crippen LogP contribution < -0.4 is 11.1 Å². The lowest BCUT2D eigenvalue weighted by molar-refractivity contribution is 0.100. The molecule has 0 saturated carbocycles. The molecule has 18 heavy (non-hydrogen) atoms. The van der Waals surface area contributed by atoms with Gasteiger partial charge in [-0.3, -0.25) is 4.79 Å². The summed E-state index contributed by atoms with van der Waals surface area (Å²) in [6.07, 6.45) is 0. The predicted octanol–water partition coefficient (Wildman–Crippen LogP) is 2.91. The number of halogens is 1. The highest BCUT2D eigenvalue weighted by Gasteiger charge is 2.07. The van der Waals surface area contributed by atoms with E-state index in [2.05, 4.69) is 5.32 Å². The van der Waals surface area contributed by atoms with Crippen LogP contribution in [-0.4, -0.2) is 5.91 Å². The molecule has 5 heteroatoms. The van der Waals surface area contributed by atoms with Crippen molar-refractivity contribution >= 4 is 22.9 Å². The van der Waals surface area contributed by atoms with E-state index in [4.69, 9.17) is 5.73 Å². The number of anilines is 1. The Hall–Kier alpha value is -1.88. The number of hydrogen-bond donors (Lipinski definition) is 2. The number of rotatable bonds is 4. The Labute approximate surface area is 108 Å². The van der Waals surface area contributed by atoms with E-state index in [1.54, 1.807) is 11.3 Å². The lowest BCUT2D eigenvalue weighted by atomic mass is 10.2. The minimum absolute atomic E-state index is 0.291. The average molecular weight is 264 g/mol. The van der Waals surface area contributed by atoms with Crippen molar-refractivity contribution in [3.63, 3.8) is 0 Å². The van der Waals surface area contributed by atoms with Crippen molar-refractivity contribution < 1.29 is 9.18 Å². The summed E-state index contributed by atoms with van der Waals surface area (Å²) in [5.74, 6) is -0.959. The van der Waals surface area contributed by atoms with Crippen molar-refractivity contribution in [1.29, 1.82) is 0 Å². The van der Waals surface area contributed by atoms with E-state index in [1.807, 2.05) is 18.4 Å². The molecule has 0 aliphatic heterocycles. The molecule has 1 aromatic carbocycles. The van der Waals surface area contributed by atoms with Crippen LogP contribution in [-0.2, 0) is 6.54 Å². The maximum Gasteiger partial charge on any atom is 0.248 e. The molecule has 1 heterocycles. The smallest absolute Gasteiger partial charge is 0.248 e. The largest absolute Gasteiger partial charge is 0.378 e. The van der Waals surface area contributed by atoms with Crippen molar-refractivity contribution in [1.82, 2.24) is 0 Å². The number of amides is 1.